The van der Waals surface area contributed by atoms with Crippen molar-refractivity contribution in [3.63, 3.8) is 0 Å². The summed E-state index contributed by atoms with van der Waals surface area (Å²) in [6.07, 6.45) is -0.531. The van der Waals surface area contributed by atoms with Crippen molar-refractivity contribution in [3.05, 3.63) is 51.6 Å². The number of nitro groups is 1. The number of esters is 1. The predicted octanol–water partition coefficient (Wildman–Crippen LogP) is 4.98. The van der Waals surface area contributed by atoms with Crippen molar-refractivity contribution in [1.82, 2.24) is 15.3 Å². The third-order valence-corrected chi connectivity index (χ3v) is 11.8. The monoisotopic (exact) mass is 774 g/mol. The summed E-state index contributed by atoms with van der Waals surface area (Å²) in [6.45, 7) is 14.8. The second-order valence-corrected chi connectivity index (χ2v) is 16.3. The summed E-state index contributed by atoms with van der Waals surface area (Å²) >= 11 is 0. The number of amides is 1. The summed E-state index contributed by atoms with van der Waals surface area (Å²) in [5, 5.41) is 23.8. The minimum Gasteiger partial charge on any atom is -0.455 e. The Balaban J connectivity index is 1.67. The number of nitrogens with one attached hydrogen (secondary N) is 1. The quantitative estimate of drug-likeness (QED) is 0.133. The molecule has 55 heavy (non-hydrogen) atoms. The second-order valence-electron chi connectivity index (χ2n) is 16.3. The van der Waals surface area contributed by atoms with Gasteiger partial charge in [0.2, 0.25) is 0 Å². The maximum Gasteiger partial charge on any atom is 0.425 e. The van der Waals surface area contributed by atoms with Crippen LogP contribution in [0.15, 0.2) is 35.9 Å². The number of ether oxygens (including phenoxy) is 5. The number of hydrogen-bond donors (Lipinski definition) is 2. The highest BCUT2D eigenvalue weighted by Crippen LogP contribution is 2.42. The number of Topliss-reactive ketones (excluding diaryl/α,β-unsaturated/α-hetero) is 1. The molecule has 2 fully saturated rings. The first-order chi connectivity index (χ1) is 25.8. The number of aliphatic hydroxyl groups excluding tert-OH is 1. The van der Waals surface area contributed by atoms with E-state index in [1.807, 2.05) is 53.6 Å². The number of hydrazine groups is 1. The Morgan fingerprint density at radius 2 is 1.76 bits per heavy atom. The van der Waals surface area contributed by atoms with Crippen LogP contribution in [0.1, 0.15) is 86.6 Å². The van der Waals surface area contributed by atoms with Gasteiger partial charge in [0, 0.05) is 55.2 Å². The highest BCUT2D eigenvalue weighted by Gasteiger charge is 2.60. The molecule has 0 radical (unpaired) electrons. The van der Waals surface area contributed by atoms with Crippen LogP contribution in [0.5, 0.6) is 0 Å². The fourth-order valence-electron chi connectivity index (χ4n) is 8.71. The van der Waals surface area contributed by atoms with Crippen molar-refractivity contribution in [1.29, 1.82) is 0 Å². The van der Waals surface area contributed by atoms with E-state index < -0.39 is 76.6 Å². The molecule has 0 aliphatic carbocycles. The average molecular weight is 775 g/mol. The van der Waals surface area contributed by atoms with Gasteiger partial charge in [-0.15, -0.1) is 0 Å². The number of aliphatic hydroxyl groups is 1. The molecule has 3 aliphatic rings. The maximum atomic E-state index is 14.6. The number of cyclic esters (lactones) is 1. The van der Waals surface area contributed by atoms with Gasteiger partial charge >= 0.3 is 12.1 Å². The Bertz CT molecular complexity index is 1560. The smallest absolute Gasteiger partial charge is 0.425 e. The zero-order chi connectivity index (χ0) is 41.0. The molecule has 15 nitrogen and oxygen atoms in total. The van der Waals surface area contributed by atoms with Crippen LogP contribution in [0, 0.1) is 27.9 Å². The van der Waals surface area contributed by atoms with Crippen molar-refractivity contribution in [3.8, 4) is 0 Å². The van der Waals surface area contributed by atoms with Crippen molar-refractivity contribution in [2.75, 3.05) is 27.7 Å². The fraction of sp³-hybridized carbons (Fsp3) is 0.725. The highest BCUT2D eigenvalue weighted by molar-refractivity contribution is 5.88. The Hall–Kier alpha value is -3.47. The molecule has 12 atom stereocenters. The molecular formula is C40H62N4O11. The number of aryl methyl sites for hydroxylation is 1. The van der Waals surface area contributed by atoms with Crippen LogP contribution in [-0.4, -0.2) is 120 Å². The van der Waals surface area contributed by atoms with E-state index in [0.29, 0.717) is 37.8 Å². The van der Waals surface area contributed by atoms with Gasteiger partial charge < -0.3 is 33.7 Å². The molecule has 0 aromatic heterocycles. The van der Waals surface area contributed by atoms with Gasteiger partial charge in [0.15, 0.2) is 11.9 Å². The molecule has 2 saturated heterocycles. The standard InChI is InChI=1S/C40H62N4O11/c1-12-31-40(8)34(43(38(48)55-40)41-19-13-14-28-15-17-29(18-16-28)44(49)50)27(6)32(45)25(4)22-39(7,51-11)35(23(2)20-24(3)36(47)53-31)54-37-33(46)30(42(9)10)21-26(5)52-37/h15-18,20,23,25-27,30-31,33-35,37,41,46H,12-14,19,21-22H2,1-11H3/b24-20+/t23-,25+,26+,27-,30-,31?,33+,34+,35+,37-,39+,40+/m0/s1. The number of methoxy groups -OCH3 is 1. The number of nitro benzene ring substituents is 1. The number of carbonyl (C=O) groups excluding carboxylic acids is 3. The molecule has 1 aromatic rings. The Labute approximate surface area is 325 Å². The van der Waals surface area contributed by atoms with Crippen LogP contribution in [0.2, 0.25) is 0 Å². The molecule has 3 heterocycles. The molecule has 3 aliphatic heterocycles. The van der Waals surface area contributed by atoms with E-state index in [1.165, 1.54) is 17.1 Å². The van der Waals surface area contributed by atoms with E-state index in [4.69, 9.17) is 23.7 Å². The van der Waals surface area contributed by atoms with E-state index in [1.54, 1.807) is 46.1 Å². The number of fused-ring (bicyclic) bond motifs is 1. The van der Waals surface area contributed by atoms with Crippen molar-refractivity contribution < 1.29 is 48.1 Å². The van der Waals surface area contributed by atoms with E-state index in [9.17, 15) is 29.6 Å². The third kappa shape index (κ3) is 9.74. The Kier molecular flexibility index (Phi) is 14.6. The van der Waals surface area contributed by atoms with Gasteiger partial charge in [-0.25, -0.2) is 20.0 Å². The average Bonchev–Trinajstić information content (AvgIpc) is 3.39. The minimum atomic E-state index is -1.40. The molecule has 1 amide bonds. The van der Waals surface area contributed by atoms with Gasteiger partial charge in [0.05, 0.1) is 22.7 Å². The number of likely N-dealkylation sites (N-methyl/N-ethyl adjacent to an activating group) is 1. The number of hydrogen-bond acceptors (Lipinski definition) is 13. The van der Waals surface area contributed by atoms with E-state index >= 15 is 0 Å². The van der Waals surface area contributed by atoms with E-state index in [-0.39, 0.29) is 30.0 Å². The lowest BCUT2D eigenvalue weighted by Crippen LogP contribution is -2.60. The van der Waals surface area contributed by atoms with Crippen LogP contribution in [-0.2, 0) is 39.7 Å². The SMILES string of the molecule is CCC1OC(=O)/C(C)=C/[C@H](C)[C@@H](O[C@@H]2O[C@H](C)C[C@H](N(C)C)[C@H]2O)[C@](C)(OC)C[C@@H](C)C(=O)[C@H](C)[C@H]2N(NCCCc3ccc([N+](=O)[O-])cc3)C(=O)O[C@]12C. The molecule has 4 rings (SSSR count). The molecular weight excluding hydrogens is 712 g/mol. The lowest BCUT2D eigenvalue weighted by molar-refractivity contribution is -0.384. The second kappa shape index (κ2) is 18.2. The summed E-state index contributed by atoms with van der Waals surface area (Å²) in [6, 6.07) is 5.22. The number of carbonyl (C=O) groups is 3. The zero-order valence-corrected chi connectivity index (χ0v) is 34.3. The van der Waals surface area contributed by atoms with Crippen molar-refractivity contribution in [2.24, 2.45) is 17.8 Å². The minimum absolute atomic E-state index is 0.00716. The van der Waals surface area contributed by atoms with Crippen LogP contribution in [0.25, 0.3) is 0 Å². The predicted molar refractivity (Wildman–Crippen MR) is 204 cm³/mol. The van der Waals surface area contributed by atoms with Crippen LogP contribution in [0.4, 0.5) is 10.5 Å². The molecule has 308 valence electrons. The molecule has 15 heteroatoms. The molecule has 2 N–H and O–H groups in total. The molecule has 0 bridgehead atoms. The summed E-state index contributed by atoms with van der Waals surface area (Å²) in [7, 11) is 5.35. The summed E-state index contributed by atoms with van der Waals surface area (Å²) in [4.78, 5) is 54.7. The van der Waals surface area contributed by atoms with Crippen LogP contribution in [0.3, 0.4) is 0 Å². The molecule has 0 spiro atoms. The molecule has 0 saturated carbocycles. The van der Waals surface area contributed by atoms with Crippen LogP contribution < -0.4 is 5.43 Å². The number of non-ortho nitro benzene ring substituents is 1. The first kappa shape index (κ1) is 44.2. The lowest BCUT2D eigenvalue weighted by atomic mass is 9.74. The topological polar surface area (TPSA) is 179 Å². The Morgan fingerprint density at radius 1 is 1.11 bits per heavy atom. The first-order valence-corrected chi connectivity index (χ1v) is 19.4. The van der Waals surface area contributed by atoms with Gasteiger partial charge in [-0.2, -0.15) is 0 Å². The molecule has 1 aromatic carbocycles. The maximum absolute atomic E-state index is 14.6. The number of ketones is 1. The summed E-state index contributed by atoms with van der Waals surface area (Å²) < 4.78 is 31.3. The third-order valence-electron chi connectivity index (χ3n) is 11.8. The lowest BCUT2D eigenvalue weighted by Gasteiger charge is -2.46. The van der Waals surface area contributed by atoms with Crippen LogP contribution >= 0.6 is 0 Å². The number of rotatable bonds is 11. The van der Waals surface area contributed by atoms with Crippen molar-refractivity contribution >= 4 is 23.5 Å². The van der Waals surface area contributed by atoms with Gasteiger partial charge in [-0.3, -0.25) is 14.9 Å². The first-order valence-electron chi connectivity index (χ1n) is 19.4. The van der Waals surface area contributed by atoms with Gasteiger partial charge in [0.25, 0.3) is 5.69 Å². The Morgan fingerprint density at radius 3 is 2.35 bits per heavy atom. The number of nitrogens with zero attached hydrogens (tertiary/aromatic N) is 3. The largest absolute Gasteiger partial charge is 0.455 e. The fourth-order valence-corrected chi connectivity index (χ4v) is 8.71. The normalized spacial score (nSPS) is 37.4. The van der Waals surface area contributed by atoms with E-state index in [2.05, 4.69) is 5.43 Å². The summed E-state index contributed by atoms with van der Waals surface area (Å²) in [5.74, 6) is -2.61. The van der Waals surface area contributed by atoms with Crippen molar-refractivity contribution in [2.45, 2.75) is 141 Å². The zero-order valence-electron chi connectivity index (χ0n) is 34.3. The highest BCUT2D eigenvalue weighted by atomic mass is 16.7. The van der Waals surface area contributed by atoms with Gasteiger partial charge in [-0.05, 0) is 79.5 Å². The van der Waals surface area contributed by atoms with Gasteiger partial charge in [-0.1, -0.05) is 45.9 Å². The van der Waals surface area contributed by atoms with Gasteiger partial charge in [0.1, 0.15) is 24.0 Å². The molecule has 1 unspecified atom stereocenters. The van der Waals surface area contributed by atoms with E-state index in [0.717, 1.165) is 5.56 Å². The summed E-state index contributed by atoms with van der Waals surface area (Å²) in [5.41, 5.74) is 1.89. The number of benzene rings is 1.